The molecule has 58 valence electrons. The van der Waals surface area contributed by atoms with Crippen molar-refractivity contribution < 1.29 is 9.53 Å². The van der Waals surface area contributed by atoms with Crippen LogP contribution in [0.25, 0.3) is 0 Å². The number of nitrogens with zero attached hydrogens (tertiary/aromatic N) is 1. The van der Waals surface area contributed by atoms with E-state index >= 15 is 0 Å². The molecule has 1 saturated heterocycles. The summed E-state index contributed by atoms with van der Waals surface area (Å²) in [4.78, 5) is 12.8. The second kappa shape index (κ2) is 3.01. The third kappa shape index (κ3) is 1.99. The second-order valence-electron chi connectivity index (χ2n) is 2.58. The molecule has 3 heteroatoms. The van der Waals surface area contributed by atoms with Crippen molar-refractivity contribution in [3.05, 3.63) is 0 Å². The van der Waals surface area contributed by atoms with E-state index in [4.69, 9.17) is 4.74 Å². The molecule has 2 atom stereocenters. The summed E-state index contributed by atoms with van der Waals surface area (Å²) >= 11 is 0. The van der Waals surface area contributed by atoms with Gasteiger partial charge in [0.15, 0.2) is 0 Å². The summed E-state index contributed by atoms with van der Waals surface area (Å²) in [6, 6.07) is 0.587. The molecular formula is C7H13NO2. The Bertz CT molecular complexity index is 136. The van der Waals surface area contributed by atoms with Crippen molar-refractivity contribution in [2.24, 2.45) is 0 Å². The van der Waals surface area contributed by atoms with Gasteiger partial charge in [-0.15, -0.1) is 0 Å². The van der Waals surface area contributed by atoms with Gasteiger partial charge in [-0.25, -0.2) is 0 Å². The van der Waals surface area contributed by atoms with E-state index in [2.05, 4.69) is 11.8 Å². The van der Waals surface area contributed by atoms with Crippen molar-refractivity contribution in [2.75, 3.05) is 19.7 Å². The molecular weight excluding hydrogens is 130 g/mol. The molecule has 0 aliphatic carbocycles. The predicted octanol–water partition coefficient (Wildman–Crippen LogP) is 0.254. The molecule has 0 spiro atoms. The first-order valence-corrected chi connectivity index (χ1v) is 3.63. The zero-order chi connectivity index (χ0) is 7.56. The Kier molecular flexibility index (Phi) is 2.27. The maximum absolute atomic E-state index is 10.8. The lowest BCUT2D eigenvalue weighted by Gasteiger charge is -2.00. The van der Waals surface area contributed by atoms with Gasteiger partial charge in [0.1, 0.15) is 0 Å². The van der Waals surface area contributed by atoms with E-state index in [-0.39, 0.29) is 5.97 Å². The van der Waals surface area contributed by atoms with Crippen LogP contribution in [0.15, 0.2) is 0 Å². The highest BCUT2D eigenvalue weighted by Crippen LogP contribution is 2.14. The fourth-order valence-corrected chi connectivity index (χ4v) is 0.885. The van der Waals surface area contributed by atoms with Crippen molar-refractivity contribution >= 4 is 5.97 Å². The second-order valence-corrected chi connectivity index (χ2v) is 2.58. The van der Waals surface area contributed by atoms with E-state index in [1.807, 2.05) is 6.92 Å². The SMILES string of the molecule is CCOC(=O)CN1C[C@@H]1C. The summed E-state index contributed by atoms with van der Waals surface area (Å²) in [7, 11) is 0. The zero-order valence-electron chi connectivity index (χ0n) is 6.46. The minimum absolute atomic E-state index is 0.105. The Morgan fingerprint density at radius 3 is 2.80 bits per heavy atom. The monoisotopic (exact) mass is 143 g/mol. The summed E-state index contributed by atoms with van der Waals surface area (Å²) in [6.07, 6.45) is 0. The molecule has 0 aromatic carbocycles. The maximum atomic E-state index is 10.8. The minimum atomic E-state index is -0.105. The molecule has 1 aliphatic rings. The maximum Gasteiger partial charge on any atom is 0.320 e. The molecule has 0 amide bonds. The van der Waals surface area contributed by atoms with Crippen LogP contribution in [0, 0.1) is 0 Å². The summed E-state index contributed by atoms with van der Waals surface area (Å²) < 4.78 is 4.76. The van der Waals surface area contributed by atoms with Crippen LogP contribution in [-0.4, -0.2) is 36.6 Å². The molecule has 1 rings (SSSR count). The van der Waals surface area contributed by atoms with Crippen LogP contribution >= 0.6 is 0 Å². The molecule has 1 fully saturated rings. The van der Waals surface area contributed by atoms with E-state index in [0.717, 1.165) is 6.54 Å². The van der Waals surface area contributed by atoms with Crippen molar-refractivity contribution in [1.82, 2.24) is 4.90 Å². The Balaban J connectivity index is 2.07. The number of hydrogen-bond donors (Lipinski definition) is 0. The van der Waals surface area contributed by atoms with E-state index in [1.54, 1.807) is 0 Å². The van der Waals surface area contributed by atoms with Crippen LogP contribution < -0.4 is 0 Å². The lowest BCUT2D eigenvalue weighted by molar-refractivity contribution is -0.143. The third-order valence-electron chi connectivity index (χ3n) is 1.63. The smallest absolute Gasteiger partial charge is 0.320 e. The van der Waals surface area contributed by atoms with Gasteiger partial charge in [-0.1, -0.05) is 0 Å². The topological polar surface area (TPSA) is 29.3 Å². The molecule has 1 unspecified atom stereocenters. The molecule has 0 radical (unpaired) electrons. The summed E-state index contributed by atoms with van der Waals surface area (Å²) in [5.74, 6) is -0.105. The molecule has 10 heavy (non-hydrogen) atoms. The van der Waals surface area contributed by atoms with Crippen LogP contribution in [-0.2, 0) is 9.53 Å². The van der Waals surface area contributed by atoms with Crippen LogP contribution in [0.1, 0.15) is 13.8 Å². The molecule has 0 N–H and O–H groups in total. The van der Waals surface area contributed by atoms with Crippen LogP contribution in [0.3, 0.4) is 0 Å². The first kappa shape index (κ1) is 7.54. The Hall–Kier alpha value is -0.570. The van der Waals surface area contributed by atoms with Gasteiger partial charge in [0.05, 0.1) is 13.2 Å². The van der Waals surface area contributed by atoms with Gasteiger partial charge in [0, 0.05) is 12.6 Å². The Morgan fingerprint density at radius 1 is 1.80 bits per heavy atom. The number of rotatable bonds is 3. The average Bonchev–Trinajstić information content (AvgIpc) is 2.47. The third-order valence-corrected chi connectivity index (χ3v) is 1.63. The molecule has 0 aromatic heterocycles. The zero-order valence-corrected chi connectivity index (χ0v) is 6.46. The van der Waals surface area contributed by atoms with Gasteiger partial charge in [-0.05, 0) is 13.8 Å². The standard InChI is InChI=1S/C7H13NO2/c1-3-10-7(9)5-8-4-6(8)2/h6H,3-5H2,1-2H3/t6-,8?/m0/s1. The van der Waals surface area contributed by atoms with Gasteiger partial charge in [-0.2, -0.15) is 0 Å². The average molecular weight is 143 g/mol. The molecule has 1 heterocycles. The first-order chi connectivity index (χ1) is 4.74. The quantitative estimate of drug-likeness (QED) is 0.419. The van der Waals surface area contributed by atoms with E-state index in [9.17, 15) is 4.79 Å². The molecule has 3 nitrogen and oxygen atoms in total. The highest BCUT2D eigenvalue weighted by atomic mass is 16.5. The predicted molar refractivity (Wildman–Crippen MR) is 37.7 cm³/mol. The number of carbonyl (C=O) groups is 1. The lowest BCUT2D eigenvalue weighted by atomic mass is 10.5. The van der Waals surface area contributed by atoms with Crippen LogP contribution in [0.2, 0.25) is 0 Å². The van der Waals surface area contributed by atoms with Gasteiger partial charge >= 0.3 is 5.97 Å². The number of esters is 1. The normalized spacial score (nSPS) is 29.8. The van der Waals surface area contributed by atoms with Crippen molar-refractivity contribution in [2.45, 2.75) is 19.9 Å². The van der Waals surface area contributed by atoms with E-state index < -0.39 is 0 Å². The van der Waals surface area contributed by atoms with Gasteiger partial charge < -0.3 is 4.74 Å². The number of carbonyl (C=O) groups excluding carboxylic acids is 1. The number of hydrogen-bond acceptors (Lipinski definition) is 3. The Morgan fingerprint density at radius 2 is 2.40 bits per heavy atom. The van der Waals surface area contributed by atoms with Gasteiger partial charge in [0.2, 0.25) is 0 Å². The number of ether oxygens (including phenoxy) is 1. The van der Waals surface area contributed by atoms with Crippen LogP contribution in [0.5, 0.6) is 0 Å². The lowest BCUT2D eigenvalue weighted by Crippen LogP contribution is -2.17. The summed E-state index contributed by atoms with van der Waals surface area (Å²) in [5.41, 5.74) is 0. The highest BCUT2D eigenvalue weighted by molar-refractivity contribution is 5.72. The fraction of sp³-hybridized carbons (Fsp3) is 0.857. The largest absolute Gasteiger partial charge is 0.465 e. The fourth-order valence-electron chi connectivity index (χ4n) is 0.885. The van der Waals surface area contributed by atoms with Crippen molar-refractivity contribution in [3.63, 3.8) is 0 Å². The summed E-state index contributed by atoms with van der Waals surface area (Å²) in [6.45, 7) is 5.91. The molecule has 0 aromatic rings. The van der Waals surface area contributed by atoms with E-state index in [0.29, 0.717) is 19.2 Å². The summed E-state index contributed by atoms with van der Waals surface area (Å²) in [5, 5.41) is 0. The van der Waals surface area contributed by atoms with Gasteiger partial charge in [0.25, 0.3) is 0 Å². The molecule has 1 aliphatic heterocycles. The molecule has 0 saturated carbocycles. The van der Waals surface area contributed by atoms with Crippen molar-refractivity contribution in [3.8, 4) is 0 Å². The van der Waals surface area contributed by atoms with Gasteiger partial charge in [-0.3, -0.25) is 9.69 Å². The van der Waals surface area contributed by atoms with Crippen molar-refractivity contribution in [1.29, 1.82) is 0 Å². The molecule has 0 bridgehead atoms. The van der Waals surface area contributed by atoms with E-state index in [1.165, 1.54) is 0 Å². The van der Waals surface area contributed by atoms with Crippen LogP contribution in [0.4, 0.5) is 0 Å². The minimum Gasteiger partial charge on any atom is -0.465 e. The Labute approximate surface area is 61.0 Å². The highest BCUT2D eigenvalue weighted by Gasteiger charge is 2.30. The first-order valence-electron chi connectivity index (χ1n) is 3.63.